The molecule has 0 bridgehead atoms. The molecule has 36 heavy (non-hydrogen) atoms. The minimum Gasteiger partial charge on any atom is -0.366 e. The van der Waals surface area contributed by atoms with Crippen molar-refractivity contribution in [2.75, 3.05) is 30.9 Å². The number of rotatable bonds is 6. The Hall–Kier alpha value is -1.88. The minimum atomic E-state index is -4.37. The zero-order valence-electron chi connectivity index (χ0n) is 19.3. The van der Waals surface area contributed by atoms with Crippen LogP contribution in [0.3, 0.4) is 0 Å². The lowest BCUT2D eigenvalue weighted by molar-refractivity contribution is -0.201. The Kier molecular flexibility index (Phi) is 6.34. The molecular weight excluding hydrogens is 525 g/mol. The van der Waals surface area contributed by atoms with Crippen LogP contribution in [-0.2, 0) is 23.5 Å². The first-order chi connectivity index (χ1) is 16.8. The van der Waals surface area contributed by atoms with Gasteiger partial charge in [0.2, 0.25) is 0 Å². The molecule has 4 atom stereocenters. The Bertz CT molecular complexity index is 1280. The SMILES string of the molecule is CC1(C)O[C@@H]2[C@H](O1)[C@@H](COCP(=O)(O)O)O[C@H]2n1ccc2c(N3CCC(F)(F)C3)c(C#N)c(Cl)nc21. The molecule has 2 N–H and O–H groups in total. The van der Waals surface area contributed by atoms with Gasteiger partial charge in [-0.1, -0.05) is 11.6 Å². The predicted molar refractivity (Wildman–Crippen MR) is 122 cm³/mol. The molecule has 0 amide bonds. The van der Waals surface area contributed by atoms with Gasteiger partial charge in [-0.3, -0.25) is 4.57 Å². The highest BCUT2D eigenvalue weighted by atomic mass is 35.5. The molecule has 0 aromatic carbocycles. The average Bonchev–Trinajstić information content (AvgIpc) is 3.48. The lowest BCUT2D eigenvalue weighted by atomic mass is 10.1. The molecule has 196 valence electrons. The lowest BCUT2D eigenvalue weighted by Gasteiger charge is -2.25. The van der Waals surface area contributed by atoms with Crippen molar-refractivity contribution in [2.45, 2.75) is 56.5 Å². The highest BCUT2D eigenvalue weighted by Gasteiger charge is 2.56. The van der Waals surface area contributed by atoms with Crippen LogP contribution in [0.4, 0.5) is 14.5 Å². The Balaban J connectivity index is 1.52. The summed E-state index contributed by atoms with van der Waals surface area (Å²) >= 11 is 6.34. The van der Waals surface area contributed by atoms with Crippen molar-refractivity contribution in [1.29, 1.82) is 5.26 Å². The van der Waals surface area contributed by atoms with Crippen LogP contribution in [0.25, 0.3) is 11.0 Å². The summed E-state index contributed by atoms with van der Waals surface area (Å²) in [7, 11) is -4.37. The fraction of sp³-hybridized carbons (Fsp3) is 0.619. The van der Waals surface area contributed by atoms with Crippen molar-refractivity contribution >= 4 is 35.9 Å². The second-order valence-corrected chi connectivity index (χ2v) is 11.5. The zero-order chi connectivity index (χ0) is 26.0. The average molecular weight is 549 g/mol. The molecule has 0 radical (unpaired) electrons. The largest absolute Gasteiger partial charge is 0.366 e. The number of aromatic nitrogens is 2. The van der Waals surface area contributed by atoms with Crippen molar-refractivity contribution in [2.24, 2.45) is 0 Å². The number of hydrogen-bond donors (Lipinski definition) is 2. The molecule has 3 aliphatic rings. The molecule has 5 rings (SSSR count). The van der Waals surface area contributed by atoms with Crippen molar-refractivity contribution in [1.82, 2.24) is 9.55 Å². The molecule has 3 fully saturated rings. The van der Waals surface area contributed by atoms with Crippen molar-refractivity contribution < 1.29 is 42.1 Å². The molecule has 5 heterocycles. The first-order valence-electron chi connectivity index (χ1n) is 11.1. The molecular formula is C21H24ClF2N4O7P. The van der Waals surface area contributed by atoms with Crippen molar-refractivity contribution in [3.8, 4) is 6.07 Å². The van der Waals surface area contributed by atoms with E-state index in [0.29, 0.717) is 11.0 Å². The van der Waals surface area contributed by atoms with Gasteiger partial charge >= 0.3 is 7.60 Å². The summed E-state index contributed by atoms with van der Waals surface area (Å²) in [6, 6.07) is 3.64. The van der Waals surface area contributed by atoms with Gasteiger partial charge in [-0.15, -0.1) is 0 Å². The number of fused-ring (bicyclic) bond motifs is 2. The topological polar surface area (TPSA) is 139 Å². The summed E-state index contributed by atoms with van der Waals surface area (Å²) in [5.41, 5.74) is 0.594. The lowest BCUT2D eigenvalue weighted by Crippen LogP contribution is -2.33. The third-order valence-electron chi connectivity index (χ3n) is 6.33. The van der Waals surface area contributed by atoms with Gasteiger partial charge in [-0.2, -0.15) is 5.26 Å². The maximum atomic E-state index is 14.0. The molecule has 0 spiro atoms. The minimum absolute atomic E-state index is 0.00938. The number of nitriles is 1. The van der Waals surface area contributed by atoms with Crippen LogP contribution in [0.5, 0.6) is 0 Å². The number of nitrogens with zero attached hydrogens (tertiary/aromatic N) is 4. The third-order valence-corrected chi connectivity index (χ3v) is 7.12. The van der Waals surface area contributed by atoms with Crippen LogP contribution in [-0.4, -0.2) is 75.4 Å². The van der Waals surface area contributed by atoms with Crippen LogP contribution in [0.15, 0.2) is 12.3 Å². The molecule has 0 unspecified atom stereocenters. The number of ether oxygens (including phenoxy) is 4. The normalized spacial score (nSPS) is 29.1. The summed E-state index contributed by atoms with van der Waals surface area (Å²) in [5, 5.41) is 10.0. The van der Waals surface area contributed by atoms with Crippen molar-refractivity contribution in [3.05, 3.63) is 23.0 Å². The van der Waals surface area contributed by atoms with Gasteiger partial charge in [0.15, 0.2) is 17.2 Å². The van der Waals surface area contributed by atoms with Gasteiger partial charge in [0.05, 0.1) is 18.8 Å². The third kappa shape index (κ3) is 4.73. The maximum absolute atomic E-state index is 14.0. The Morgan fingerprint density at radius 1 is 1.36 bits per heavy atom. The van der Waals surface area contributed by atoms with Crippen molar-refractivity contribution in [3.63, 3.8) is 0 Å². The molecule has 3 aliphatic heterocycles. The highest BCUT2D eigenvalue weighted by molar-refractivity contribution is 7.51. The summed E-state index contributed by atoms with van der Waals surface area (Å²) in [6.45, 7) is 2.80. The standard InChI is InChI=1S/C21H24ClF2N4O7P/c1-20(2)34-15-13(8-32-10-36(29,30)31)33-19(16(15)35-20)28-5-3-11-14(27-6-4-21(23,24)9-27)12(7-25)17(22)26-18(11)28/h3,5,13,15-16,19H,4,6,8-10H2,1-2H3,(H2,29,30,31)/t13-,15-,16-,19-/m1/s1. The maximum Gasteiger partial charge on any atom is 0.350 e. The molecule has 0 aliphatic carbocycles. The quantitative estimate of drug-likeness (QED) is 0.409. The molecule has 11 nitrogen and oxygen atoms in total. The van der Waals surface area contributed by atoms with Gasteiger partial charge in [0.1, 0.15) is 41.9 Å². The first-order valence-corrected chi connectivity index (χ1v) is 13.3. The summed E-state index contributed by atoms with van der Waals surface area (Å²) < 4.78 is 64.2. The second-order valence-electron chi connectivity index (χ2n) is 9.52. The van der Waals surface area contributed by atoms with E-state index in [9.17, 15) is 18.6 Å². The fourth-order valence-corrected chi connectivity index (χ4v) is 5.54. The van der Waals surface area contributed by atoms with E-state index in [1.165, 1.54) is 4.90 Å². The van der Waals surface area contributed by atoms with E-state index in [1.54, 1.807) is 30.7 Å². The number of anilines is 1. The summed E-state index contributed by atoms with van der Waals surface area (Å²) in [5.74, 6) is -3.85. The zero-order valence-corrected chi connectivity index (χ0v) is 21.0. The van der Waals surface area contributed by atoms with Gasteiger partial charge < -0.3 is 38.2 Å². The number of hydrogen-bond acceptors (Lipinski definition) is 8. The second kappa shape index (κ2) is 8.85. The number of halogens is 3. The Morgan fingerprint density at radius 2 is 2.08 bits per heavy atom. The van der Waals surface area contributed by atoms with E-state index in [0.717, 1.165) is 0 Å². The smallest absolute Gasteiger partial charge is 0.350 e. The molecule has 3 saturated heterocycles. The summed E-state index contributed by atoms with van der Waals surface area (Å²) in [6.07, 6.45) is -2.27. The monoisotopic (exact) mass is 548 g/mol. The van der Waals surface area contributed by atoms with Gasteiger partial charge in [0, 0.05) is 24.5 Å². The number of alkyl halides is 2. The van der Waals surface area contributed by atoms with Crippen LogP contribution in [0.2, 0.25) is 5.15 Å². The van der Waals surface area contributed by atoms with E-state index in [2.05, 4.69) is 4.98 Å². The van der Waals surface area contributed by atoms with E-state index in [1.807, 2.05) is 6.07 Å². The highest BCUT2D eigenvalue weighted by Crippen LogP contribution is 2.46. The van der Waals surface area contributed by atoms with E-state index in [4.69, 9.17) is 40.3 Å². The molecule has 0 saturated carbocycles. The Morgan fingerprint density at radius 3 is 2.72 bits per heavy atom. The van der Waals surface area contributed by atoms with E-state index >= 15 is 0 Å². The van der Waals surface area contributed by atoms with E-state index in [-0.39, 0.29) is 36.0 Å². The number of pyridine rings is 1. The predicted octanol–water partition coefficient (Wildman–Crippen LogP) is 2.98. The first kappa shape index (κ1) is 25.8. The van der Waals surface area contributed by atoms with Crippen LogP contribution in [0.1, 0.15) is 32.1 Å². The van der Waals surface area contributed by atoms with Crippen LogP contribution >= 0.6 is 19.2 Å². The molecule has 15 heteroatoms. The van der Waals surface area contributed by atoms with Crippen LogP contribution < -0.4 is 4.90 Å². The molecule has 2 aromatic rings. The van der Waals surface area contributed by atoms with Crippen LogP contribution in [0, 0.1) is 11.3 Å². The van der Waals surface area contributed by atoms with E-state index < -0.39 is 56.7 Å². The Labute approximate surface area is 209 Å². The van der Waals surface area contributed by atoms with Gasteiger partial charge in [0.25, 0.3) is 5.92 Å². The molecule has 2 aromatic heterocycles. The van der Waals surface area contributed by atoms with Gasteiger partial charge in [-0.05, 0) is 19.9 Å². The fourth-order valence-electron chi connectivity index (χ4n) is 4.99. The van der Waals surface area contributed by atoms with Gasteiger partial charge in [-0.25, -0.2) is 13.8 Å². The summed E-state index contributed by atoms with van der Waals surface area (Å²) in [4.78, 5) is 24.0.